The molecule has 0 saturated carbocycles. The Kier molecular flexibility index (Phi) is 5.19. The van der Waals surface area contributed by atoms with Crippen molar-refractivity contribution in [3.05, 3.63) is 108 Å². The van der Waals surface area contributed by atoms with Crippen LogP contribution in [0.3, 0.4) is 0 Å². The largest absolute Gasteiger partial charge is 0.322 e. The molecule has 0 saturated heterocycles. The second kappa shape index (κ2) is 7.53. The molecule has 3 aromatic rings. The zero-order valence-corrected chi connectivity index (χ0v) is 13.4. The van der Waals surface area contributed by atoms with Gasteiger partial charge in [0.05, 0.1) is 0 Å². The zero-order chi connectivity index (χ0) is 17.7. The van der Waals surface area contributed by atoms with Crippen LogP contribution in [0.5, 0.6) is 0 Å². The van der Waals surface area contributed by atoms with E-state index in [1.165, 1.54) is 0 Å². The van der Waals surface area contributed by atoms with Crippen molar-refractivity contribution >= 4 is 0 Å². The Labute approximate surface area is 144 Å². The summed E-state index contributed by atoms with van der Waals surface area (Å²) in [6.07, 6.45) is -5.96. The van der Waals surface area contributed by atoms with Crippen LogP contribution >= 0.6 is 0 Å². The van der Waals surface area contributed by atoms with E-state index < -0.39 is 18.4 Å². The summed E-state index contributed by atoms with van der Waals surface area (Å²) in [5.74, 6) is 0. The first-order valence-electron chi connectivity index (χ1n) is 7.91. The lowest BCUT2D eigenvalue weighted by atomic mass is 9.80. The van der Waals surface area contributed by atoms with Crippen molar-refractivity contribution in [2.24, 2.45) is 0 Å². The molecule has 0 radical (unpaired) electrons. The molecule has 25 heavy (non-hydrogen) atoms. The third kappa shape index (κ3) is 3.44. The van der Waals surface area contributed by atoms with Crippen LogP contribution in [-0.4, -0.2) is 12.8 Å². The van der Waals surface area contributed by atoms with Gasteiger partial charge in [0, 0.05) is 0 Å². The minimum absolute atomic E-state index is 0.579. The van der Waals surface area contributed by atoms with Crippen LogP contribution in [0, 0.1) is 0 Å². The van der Waals surface area contributed by atoms with Crippen LogP contribution < -0.4 is 0 Å². The molecule has 0 heterocycles. The van der Waals surface area contributed by atoms with Crippen molar-refractivity contribution < 1.29 is 17.9 Å². The Morgan fingerprint density at radius 2 is 0.880 bits per heavy atom. The minimum atomic E-state index is -3.24. The normalized spacial score (nSPS) is 13.0. The van der Waals surface area contributed by atoms with E-state index in [1.807, 2.05) is 18.2 Å². The van der Waals surface area contributed by atoms with Gasteiger partial charge >= 0.3 is 0 Å². The molecule has 0 aliphatic carbocycles. The molecule has 3 aromatic carbocycles. The molecule has 0 fully saturated rings. The van der Waals surface area contributed by atoms with Crippen LogP contribution in [-0.2, 0) is 10.3 Å². The first kappa shape index (κ1) is 17.2. The minimum Gasteiger partial charge on any atom is -0.322 e. The van der Waals surface area contributed by atoms with E-state index >= 15 is 0 Å². The maximum Gasteiger partial charge on any atom is 0.293 e. The molecule has 1 unspecified atom stereocenters. The highest BCUT2D eigenvalue weighted by Gasteiger charge is 2.42. The molecule has 0 aliphatic rings. The molecule has 0 amide bonds. The number of rotatable bonds is 6. The quantitative estimate of drug-likeness (QED) is 0.533. The number of halogens is 3. The summed E-state index contributed by atoms with van der Waals surface area (Å²) in [6.45, 7) is 0. The molecule has 1 atom stereocenters. The lowest BCUT2D eigenvalue weighted by molar-refractivity contribution is -0.176. The molecule has 1 nitrogen and oxygen atoms in total. The smallest absolute Gasteiger partial charge is 0.293 e. The highest BCUT2D eigenvalue weighted by Crippen LogP contribution is 2.42. The van der Waals surface area contributed by atoms with Crippen molar-refractivity contribution in [2.45, 2.75) is 18.4 Å². The standard InChI is InChI=1S/C21H17F3O/c22-19(23)20(24)25-21(16-10-4-1-5-11-16,17-12-6-2-7-13-17)18-14-8-3-9-15-18/h1-15,19-20H. The molecule has 128 valence electrons. The maximum atomic E-state index is 14.1. The van der Waals surface area contributed by atoms with E-state index in [2.05, 4.69) is 0 Å². The van der Waals surface area contributed by atoms with Crippen molar-refractivity contribution in [2.75, 3.05) is 0 Å². The van der Waals surface area contributed by atoms with E-state index in [9.17, 15) is 13.2 Å². The van der Waals surface area contributed by atoms with Gasteiger partial charge in [-0.3, -0.25) is 0 Å². The molecular weight excluding hydrogens is 325 g/mol. The van der Waals surface area contributed by atoms with Gasteiger partial charge in [0.1, 0.15) is 5.60 Å². The average Bonchev–Trinajstić information content (AvgIpc) is 2.68. The van der Waals surface area contributed by atoms with Gasteiger partial charge in [-0.25, -0.2) is 13.2 Å². The molecule has 0 bridgehead atoms. The van der Waals surface area contributed by atoms with Crippen LogP contribution in [0.25, 0.3) is 0 Å². The number of ether oxygens (including phenoxy) is 1. The third-order valence-corrected chi connectivity index (χ3v) is 4.03. The third-order valence-electron chi connectivity index (χ3n) is 4.03. The predicted octanol–water partition coefficient (Wildman–Crippen LogP) is 5.56. The van der Waals surface area contributed by atoms with E-state index in [1.54, 1.807) is 72.8 Å². The Hall–Kier alpha value is -2.59. The SMILES string of the molecule is FC(F)C(F)OC(c1ccccc1)(c1ccccc1)c1ccccc1. The Morgan fingerprint density at radius 1 is 0.560 bits per heavy atom. The topological polar surface area (TPSA) is 9.23 Å². The van der Waals surface area contributed by atoms with Crippen LogP contribution in [0.4, 0.5) is 13.2 Å². The van der Waals surface area contributed by atoms with Crippen molar-refractivity contribution in [1.29, 1.82) is 0 Å². The van der Waals surface area contributed by atoms with E-state index in [0.717, 1.165) is 0 Å². The Balaban J connectivity index is 2.27. The predicted molar refractivity (Wildman–Crippen MR) is 91.2 cm³/mol. The fourth-order valence-corrected chi connectivity index (χ4v) is 2.94. The first-order chi connectivity index (χ1) is 12.1. The molecule has 4 heteroatoms. The summed E-state index contributed by atoms with van der Waals surface area (Å²) in [5.41, 5.74) is 0.265. The lowest BCUT2D eigenvalue weighted by Gasteiger charge is -2.36. The molecule has 0 aromatic heterocycles. The van der Waals surface area contributed by atoms with Gasteiger partial charge < -0.3 is 4.74 Å². The summed E-state index contributed by atoms with van der Waals surface area (Å²) in [6, 6.07) is 26.6. The summed E-state index contributed by atoms with van der Waals surface area (Å²) < 4.78 is 45.6. The maximum absolute atomic E-state index is 14.1. The Morgan fingerprint density at radius 3 is 1.16 bits per heavy atom. The monoisotopic (exact) mass is 342 g/mol. The zero-order valence-electron chi connectivity index (χ0n) is 13.4. The lowest BCUT2D eigenvalue weighted by Crippen LogP contribution is -2.37. The van der Waals surface area contributed by atoms with Gasteiger partial charge in [0.2, 0.25) is 0 Å². The summed E-state index contributed by atoms with van der Waals surface area (Å²) in [5, 5.41) is 0. The summed E-state index contributed by atoms with van der Waals surface area (Å²) in [4.78, 5) is 0. The van der Waals surface area contributed by atoms with Gasteiger partial charge in [0.15, 0.2) is 0 Å². The van der Waals surface area contributed by atoms with Gasteiger partial charge in [-0.1, -0.05) is 91.0 Å². The number of hydrogen-bond acceptors (Lipinski definition) is 1. The van der Waals surface area contributed by atoms with E-state index in [0.29, 0.717) is 16.7 Å². The Bertz CT molecular complexity index is 679. The van der Waals surface area contributed by atoms with Gasteiger partial charge in [-0.2, -0.15) is 0 Å². The summed E-state index contributed by atoms with van der Waals surface area (Å²) in [7, 11) is 0. The fraction of sp³-hybridized carbons (Fsp3) is 0.143. The molecule has 3 rings (SSSR count). The first-order valence-corrected chi connectivity index (χ1v) is 7.91. The van der Waals surface area contributed by atoms with E-state index in [-0.39, 0.29) is 0 Å². The molecule has 0 aliphatic heterocycles. The number of benzene rings is 3. The van der Waals surface area contributed by atoms with Gasteiger partial charge in [-0.15, -0.1) is 0 Å². The van der Waals surface area contributed by atoms with Crippen molar-refractivity contribution in [1.82, 2.24) is 0 Å². The second-order valence-corrected chi connectivity index (χ2v) is 5.58. The van der Waals surface area contributed by atoms with Crippen molar-refractivity contribution in [3.8, 4) is 0 Å². The van der Waals surface area contributed by atoms with Crippen LogP contribution in [0.2, 0.25) is 0 Å². The highest BCUT2D eigenvalue weighted by molar-refractivity contribution is 5.47. The summed E-state index contributed by atoms with van der Waals surface area (Å²) >= 11 is 0. The molecular formula is C21H17F3O. The van der Waals surface area contributed by atoms with Crippen LogP contribution in [0.1, 0.15) is 16.7 Å². The number of alkyl halides is 3. The van der Waals surface area contributed by atoms with Crippen molar-refractivity contribution in [3.63, 3.8) is 0 Å². The van der Waals surface area contributed by atoms with Crippen LogP contribution in [0.15, 0.2) is 91.0 Å². The number of hydrogen-bond donors (Lipinski definition) is 0. The highest BCUT2D eigenvalue weighted by atomic mass is 19.3. The average molecular weight is 342 g/mol. The molecule has 0 N–H and O–H groups in total. The van der Waals surface area contributed by atoms with Gasteiger partial charge in [0.25, 0.3) is 12.8 Å². The van der Waals surface area contributed by atoms with Gasteiger partial charge in [-0.05, 0) is 16.7 Å². The van der Waals surface area contributed by atoms with E-state index in [4.69, 9.17) is 4.74 Å². The second-order valence-electron chi connectivity index (χ2n) is 5.58. The fourth-order valence-electron chi connectivity index (χ4n) is 2.94. The molecule has 0 spiro atoms.